The van der Waals surface area contributed by atoms with Gasteiger partial charge in [0.05, 0.1) is 5.02 Å². The zero-order valence-electron chi connectivity index (χ0n) is 10.8. The number of aromatic nitrogens is 1. The molecule has 2 heterocycles. The molecule has 1 unspecified atom stereocenters. The van der Waals surface area contributed by atoms with Crippen LogP contribution < -0.4 is 10.6 Å². The number of para-hydroxylation sites is 1. The molecule has 5 heteroatoms. The Morgan fingerprint density at radius 1 is 1.30 bits per heavy atom. The number of carbonyl (C=O) groups is 1. The first-order valence-corrected chi connectivity index (χ1v) is 6.80. The number of nitrogens with zero attached hydrogens (tertiary/aromatic N) is 2. The van der Waals surface area contributed by atoms with Crippen molar-refractivity contribution in [2.45, 2.75) is 12.5 Å². The molecule has 1 aliphatic rings. The molecule has 20 heavy (non-hydrogen) atoms. The third-order valence-electron chi connectivity index (χ3n) is 3.37. The van der Waals surface area contributed by atoms with Crippen molar-refractivity contribution in [1.82, 2.24) is 4.98 Å². The molecule has 2 N–H and O–H groups in total. The number of nitrogens with two attached hydrogens (primary N) is 1. The van der Waals surface area contributed by atoms with E-state index in [0.29, 0.717) is 17.3 Å². The van der Waals surface area contributed by atoms with Gasteiger partial charge in [-0.3, -0.25) is 4.79 Å². The number of carbonyl (C=O) groups excluding carboxylic acids is 1. The van der Waals surface area contributed by atoms with Gasteiger partial charge in [0.1, 0.15) is 5.69 Å². The number of rotatable bonds is 1. The third-order valence-corrected chi connectivity index (χ3v) is 3.60. The lowest BCUT2D eigenvalue weighted by Crippen LogP contribution is -2.46. The largest absolute Gasteiger partial charge is 0.326 e. The van der Waals surface area contributed by atoms with Gasteiger partial charge in [0.25, 0.3) is 5.91 Å². The van der Waals surface area contributed by atoms with Crippen LogP contribution in [0.4, 0.5) is 5.69 Å². The number of halogens is 1. The number of fused-ring (bicyclic) bond motifs is 1. The van der Waals surface area contributed by atoms with Gasteiger partial charge in [-0.25, -0.2) is 4.98 Å². The molecule has 1 atom stereocenters. The number of pyridine rings is 1. The minimum absolute atomic E-state index is 0.0545. The number of hydrogen-bond donors (Lipinski definition) is 1. The van der Waals surface area contributed by atoms with E-state index in [9.17, 15) is 4.79 Å². The minimum Gasteiger partial charge on any atom is -0.326 e. The molecule has 0 saturated carbocycles. The Bertz CT molecular complexity index is 642. The average molecular weight is 288 g/mol. The molecule has 0 bridgehead atoms. The summed E-state index contributed by atoms with van der Waals surface area (Å²) in [5, 5.41) is 0.511. The lowest BCUT2D eigenvalue weighted by atomic mass is 9.98. The van der Waals surface area contributed by atoms with Gasteiger partial charge in [0.2, 0.25) is 0 Å². The molecule has 3 rings (SSSR count). The van der Waals surface area contributed by atoms with Crippen molar-refractivity contribution >= 4 is 23.2 Å². The topological polar surface area (TPSA) is 59.2 Å². The zero-order chi connectivity index (χ0) is 14.1. The van der Waals surface area contributed by atoms with E-state index in [2.05, 4.69) is 4.98 Å². The second kappa shape index (κ2) is 5.23. The highest BCUT2D eigenvalue weighted by Gasteiger charge is 2.27. The summed E-state index contributed by atoms with van der Waals surface area (Å²) in [6, 6.07) is 11.1. The molecule has 1 aliphatic heterocycles. The Hall–Kier alpha value is -1.91. The van der Waals surface area contributed by atoms with E-state index in [1.54, 1.807) is 17.0 Å². The first-order valence-electron chi connectivity index (χ1n) is 6.42. The Morgan fingerprint density at radius 3 is 2.85 bits per heavy atom. The summed E-state index contributed by atoms with van der Waals surface area (Å²) in [7, 11) is 0. The van der Waals surface area contributed by atoms with Crippen LogP contribution >= 0.6 is 11.6 Å². The van der Waals surface area contributed by atoms with E-state index in [1.807, 2.05) is 24.3 Å². The van der Waals surface area contributed by atoms with Gasteiger partial charge >= 0.3 is 0 Å². The lowest BCUT2D eigenvalue weighted by Gasteiger charge is -2.32. The quantitative estimate of drug-likeness (QED) is 0.875. The fourth-order valence-electron chi connectivity index (χ4n) is 2.46. The van der Waals surface area contributed by atoms with Crippen LogP contribution in [0.3, 0.4) is 0 Å². The molecule has 1 aromatic carbocycles. The lowest BCUT2D eigenvalue weighted by molar-refractivity contribution is 0.0978. The van der Waals surface area contributed by atoms with Crippen molar-refractivity contribution in [3.05, 3.63) is 58.9 Å². The van der Waals surface area contributed by atoms with Gasteiger partial charge in [0.15, 0.2) is 0 Å². The van der Waals surface area contributed by atoms with Gasteiger partial charge in [-0.15, -0.1) is 0 Å². The van der Waals surface area contributed by atoms with Crippen LogP contribution in [-0.4, -0.2) is 23.5 Å². The summed E-state index contributed by atoms with van der Waals surface area (Å²) in [5.74, 6) is -0.149. The molecule has 0 spiro atoms. The summed E-state index contributed by atoms with van der Waals surface area (Å²) >= 11 is 5.80. The number of anilines is 1. The molecule has 4 nitrogen and oxygen atoms in total. The van der Waals surface area contributed by atoms with Crippen molar-refractivity contribution < 1.29 is 4.79 Å². The molecule has 0 saturated heterocycles. The van der Waals surface area contributed by atoms with Crippen LogP contribution in [0.2, 0.25) is 5.02 Å². The SMILES string of the molecule is NC1Cc2ccccc2N(C(=O)c2ccc(Cl)cn2)C1. The van der Waals surface area contributed by atoms with Gasteiger partial charge in [-0.05, 0) is 30.2 Å². The smallest absolute Gasteiger partial charge is 0.276 e. The van der Waals surface area contributed by atoms with Crippen LogP contribution in [0, 0.1) is 0 Å². The second-order valence-electron chi connectivity index (χ2n) is 4.87. The maximum atomic E-state index is 12.6. The van der Waals surface area contributed by atoms with E-state index in [4.69, 9.17) is 17.3 Å². The normalized spacial score (nSPS) is 17.7. The van der Waals surface area contributed by atoms with Crippen molar-refractivity contribution in [3.8, 4) is 0 Å². The number of amides is 1. The Labute approximate surface area is 122 Å². The standard InChI is InChI=1S/C15H14ClN3O/c16-11-5-6-13(18-8-11)15(20)19-9-12(17)7-10-3-1-2-4-14(10)19/h1-6,8,12H,7,9,17H2. The van der Waals surface area contributed by atoms with Gasteiger partial charge in [-0.1, -0.05) is 29.8 Å². The highest BCUT2D eigenvalue weighted by Crippen LogP contribution is 2.27. The summed E-state index contributed by atoms with van der Waals surface area (Å²) in [4.78, 5) is 18.4. The summed E-state index contributed by atoms with van der Waals surface area (Å²) in [5.41, 5.74) is 8.42. The maximum Gasteiger partial charge on any atom is 0.276 e. The molecule has 0 radical (unpaired) electrons. The van der Waals surface area contributed by atoms with Gasteiger partial charge in [-0.2, -0.15) is 0 Å². The van der Waals surface area contributed by atoms with Gasteiger partial charge < -0.3 is 10.6 Å². The molecular formula is C15H14ClN3O. The van der Waals surface area contributed by atoms with Crippen molar-refractivity contribution in [2.24, 2.45) is 5.73 Å². The van der Waals surface area contributed by atoms with Crippen molar-refractivity contribution in [2.75, 3.05) is 11.4 Å². The second-order valence-corrected chi connectivity index (χ2v) is 5.31. The highest BCUT2D eigenvalue weighted by atomic mass is 35.5. The van der Waals surface area contributed by atoms with Gasteiger partial charge in [0, 0.05) is 24.5 Å². The summed E-state index contributed by atoms with van der Waals surface area (Å²) in [6.07, 6.45) is 2.26. The fraction of sp³-hybridized carbons (Fsp3) is 0.200. The van der Waals surface area contributed by atoms with E-state index in [1.165, 1.54) is 6.20 Å². The molecule has 2 aromatic rings. The molecular weight excluding hydrogens is 274 g/mol. The molecule has 1 amide bonds. The molecule has 0 fully saturated rings. The average Bonchev–Trinajstić information content (AvgIpc) is 2.46. The van der Waals surface area contributed by atoms with Crippen LogP contribution in [0.15, 0.2) is 42.6 Å². The first-order chi connectivity index (χ1) is 9.65. The minimum atomic E-state index is -0.149. The summed E-state index contributed by atoms with van der Waals surface area (Å²) in [6.45, 7) is 0.500. The zero-order valence-corrected chi connectivity index (χ0v) is 11.5. The third kappa shape index (κ3) is 2.40. The fourth-order valence-corrected chi connectivity index (χ4v) is 2.57. The first kappa shape index (κ1) is 13.1. The molecule has 0 aliphatic carbocycles. The van der Waals surface area contributed by atoms with E-state index in [-0.39, 0.29) is 11.9 Å². The van der Waals surface area contributed by atoms with Crippen molar-refractivity contribution in [1.29, 1.82) is 0 Å². The van der Waals surface area contributed by atoms with Crippen molar-refractivity contribution in [3.63, 3.8) is 0 Å². The predicted molar refractivity (Wildman–Crippen MR) is 79.0 cm³/mol. The Morgan fingerprint density at radius 2 is 2.10 bits per heavy atom. The summed E-state index contributed by atoms with van der Waals surface area (Å²) < 4.78 is 0. The highest BCUT2D eigenvalue weighted by molar-refractivity contribution is 6.30. The van der Waals surface area contributed by atoms with E-state index < -0.39 is 0 Å². The maximum absolute atomic E-state index is 12.6. The van der Waals surface area contributed by atoms with Crippen LogP contribution in [0.1, 0.15) is 16.1 Å². The van der Waals surface area contributed by atoms with Crippen LogP contribution in [0.25, 0.3) is 0 Å². The monoisotopic (exact) mass is 287 g/mol. The van der Waals surface area contributed by atoms with E-state index in [0.717, 1.165) is 17.7 Å². The Balaban J connectivity index is 1.97. The predicted octanol–water partition coefficient (Wildman–Crippen LogP) is 2.27. The number of hydrogen-bond acceptors (Lipinski definition) is 3. The van der Waals surface area contributed by atoms with E-state index >= 15 is 0 Å². The number of benzene rings is 1. The van der Waals surface area contributed by atoms with Crippen LogP contribution in [-0.2, 0) is 6.42 Å². The molecule has 1 aromatic heterocycles. The molecule has 102 valence electrons. The van der Waals surface area contributed by atoms with Crippen LogP contribution in [0.5, 0.6) is 0 Å². The Kier molecular flexibility index (Phi) is 3.42.